The molecule has 1 nitrogen and oxygen atoms in total. The standard InChI is InChI=1S/C16H21F4N/c1-3-12-4-5-15(10(12)2)21-9-11-6-13(16(18,19)20)8-14(17)7-11/h6-8,10,12,15,21H,3-5,9H2,1-2H3. The van der Waals surface area contributed by atoms with Gasteiger partial charge in [-0.25, -0.2) is 4.39 Å². The summed E-state index contributed by atoms with van der Waals surface area (Å²) < 4.78 is 51.3. The number of hydrogen-bond donors (Lipinski definition) is 1. The highest BCUT2D eigenvalue weighted by Gasteiger charge is 2.32. The van der Waals surface area contributed by atoms with Gasteiger partial charge >= 0.3 is 6.18 Å². The zero-order valence-corrected chi connectivity index (χ0v) is 12.3. The summed E-state index contributed by atoms with van der Waals surface area (Å²) in [4.78, 5) is 0. The molecule has 1 fully saturated rings. The largest absolute Gasteiger partial charge is 0.416 e. The Balaban J connectivity index is 2.02. The Bertz CT molecular complexity index is 484. The van der Waals surface area contributed by atoms with Crippen LogP contribution in [-0.4, -0.2) is 6.04 Å². The molecule has 0 amide bonds. The van der Waals surface area contributed by atoms with Crippen molar-refractivity contribution in [1.82, 2.24) is 5.32 Å². The second-order valence-corrected chi connectivity index (χ2v) is 5.94. The summed E-state index contributed by atoms with van der Waals surface area (Å²) in [6.45, 7) is 4.60. The first-order valence-corrected chi connectivity index (χ1v) is 7.41. The van der Waals surface area contributed by atoms with Crippen molar-refractivity contribution < 1.29 is 17.6 Å². The molecule has 1 saturated carbocycles. The van der Waals surface area contributed by atoms with Crippen molar-refractivity contribution in [3.63, 3.8) is 0 Å². The van der Waals surface area contributed by atoms with Crippen molar-refractivity contribution in [2.75, 3.05) is 0 Å². The molecule has 0 aliphatic heterocycles. The quantitative estimate of drug-likeness (QED) is 0.791. The number of halogens is 4. The summed E-state index contributed by atoms with van der Waals surface area (Å²) in [6.07, 6.45) is -1.21. The fourth-order valence-electron chi connectivity index (χ4n) is 3.28. The number of rotatable bonds is 4. The van der Waals surface area contributed by atoms with Crippen molar-refractivity contribution in [2.45, 2.75) is 51.9 Å². The van der Waals surface area contributed by atoms with Crippen LogP contribution in [0.15, 0.2) is 18.2 Å². The van der Waals surface area contributed by atoms with Crippen LogP contribution in [0.1, 0.15) is 44.2 Å². The zero-order valence-electron chi connectivity index (χ0n) is 12.3. The molecule has 1 aliphatic rings. The van der Waals surface area contributed by atoms with Crippen LogP contribution < -0.4 is 5.32 Å². The smallest absolute Gasteiger partial charge is 0.310 e. The Kier molecular flexibility index (Phi) is 4.91. The first kappa shape index (κ1) is 16.3. The third-order valence-electron chi connectivity index (χ3n) is 4.60. The van der Waals surface area contributed by atoms with Gasteiger partial charge in [0.2, 0.25) is 0 Å². The van der Waals surface area contributed by atoms with E-state index < -0.39 is 17.6 Å². The third-order valence-corrected chi connectivity index (χ3v) is 4.60. The van der Waals surface area contributed by atoms with Gasteiger partial charge in [-0.15, -0.1) is 0 Å². The topological polar surface area (TPSA) is 12.0 Å². The average Bonchev–Trinajstić information content (AvgIpc) is 2.75. The number of nitrogens with one attached hydrogen (secondary N) is 1. The van der Waals surface area contributed by atoms with Gasteiger partial charge in [-0.05, 0) is 48.4 Å². The van der Waals surface area contributed by atoms with E-state index in [1.165, 1.54) is 6.07 Å². The number of benzene rings is 1. The minimum Gasteiger partial charge on any atom is -0.310 e. The first-order chi connectivity index (χ1) is 9.81. The Morgan fingerprint density at radius 3 is 2.48 bits per heavy atom. The molecular formula is C16H21F4N. The van der Waals surface area contributed by atoms with Gasteiger partial charge in [-0.1, -0.05) is 20.3 Å². The van der Waals surface area contributed by atoms with Gasteiger partial charge < -0.3 is 5.32 Å². The molecule has 5 heteroatoms. The lowest BCUT2D eigenvalue weighted by molar-refractivity contribution is -0.137. The van der Waals surface area contributed by atoms with Gasteiger partial charge in [0.25, 0.3) is 0 Å². The minimum atomic E-state index is -4.51. The molecular weight excluding hydrogens is 282 g/mol. The Morgan fingerprint density at radius 1 is 1.19 bits per heavy atom. The molecule has 0 aromatic heterocycles. The van der Waals surface area contributed by atoms with Crippen LogP contribution >= 0.6 is 0 Å². The molecule has 1 aliphatic carbocycles. The predicted octanol–water partition coefficient (Wildman–Crippen LogP) is 4.76. The van der Waals surface area contributed by atoms with E-state index in [0.29, 0.717) is 29.5 Å². The molecule has 0 saturated heterocycles. The maximum Gasteiger partial charge on any atom is 0.416 e. The van der Waals surface area contributed by atoms with Crippen molar-refractivity contribution in [3.05, 3.63) is 35.1 Å². The van der Waals surface area contributed by atoms with Crippen LogP contribution in [0.2, 0.25) is 0 Å². The SMILES string of the molecule is CCC1CCC(NCc2cc(F)cc(C(F)(F)F)c2)C1C. The van der Waals surface area contributed by atoms with E-state index in [4.69, 9.17) is 0 Å². The predicted molar refractivity (Wildman–Crippen MR) is 74.2 cm³/mol. The molecule has 1 N–H and O–H groups in total. The Labute approximate surface area is 122 Å². The van der Waals surface area contributed by atoms with Crippen LogP contribution in [0.5, 0.6) is 0 Å². The second kappa shape index (κ2) is 6.34. The molecule has 0 bridgehead atoms. The van der Waals surface area contributed by atoms with E-state index in [2.05, 4.69) is 19.2 Å². The average molecular weight is 303 g/mol. The van der Waals surface area contributed by atoms with Gasteiger partial charge in [0, 0.05) is 12.6 Å². The molecule has 0 heterocycles. The lowest BCUT2D eigenvalue weighted by Gasteiger charge is -2.21. The van der Waals surface area contributed by atoms with E-state index in [-0.39, 0.29) is 6.54 Å². The van der Waals surface area contributed by atoms with Gasteiger partial charge in [-0.3, -0.25) is 0 Å². The maximum absolute atomic E-state index is 13.3. The molecule has 21 heavy (non-hydrogen) atoms. The minimum absolute atomic E-state index is 0.270. The van der Waals surface area contributed by atoms with Crippen molar-refractivity contribution >= 4 is 0 Å². The van der Waals surface area contributed by atoms with Gasteiger partial charge in [0.15, 0.2) is 0 Å². The zero-order chi connectivity index (χ0) is 15.6. The van der Waals surface area contributed by atoms with Crippen LogP contribution in [0.25, 0.3) is 0 Å². The van der Waals surface area contributed by atoms with E-state index in [9.17, 15) is 17.6 Å². The Morgan fingerprint density at radius 2 is 1.90 bits per heavy atom. The van der Waals surface area contributed by atoms with Crippen molar-refractivity contribution in [3.8, 4) is 0 Å². The van der Waals surface area contributed by atoms with E-state index in [1.807, 2.05) is 0 Å². The van der Waals surface area contributed by atoms with E-state index in [0.717, 1.165) is 25.3 Å². The number of hydrogen-bond acceptors (Lipinski definition) is 1. The van der Waals surface area contributed by atoms with E-state index in [1.54, 1.807) is 0 Å². The van der Waals surface area contributed by atoms with E-state index >= 15 is 0 Å². The summed E-state index contributed by atoms with van der Waals surface area (Å²) in [5, 5.41) is 3.28. The molecule has 1 aromatic carbocycles. The molecule has 2 rings (SSSR count). The van der Waals surface area contributed by atoms with Gasteiger partial charge in [0.05, 0.1) is 5.56 Å². The normalized spacial score (nSPS) is 26.3. The first-order valence-electron chi connectivity index (χ1n) is 7.41. The van der Waals surface area contributed by atoms with Crippen LogP contribution in [0, 0.1) is 17.7 Å². The summed E-state index contributed by atoms with van der Waals surface area (Å²) in [6, 6.07) is 3.02. The summed E-state index contributed by atoms with van der Waals surface area (Å²) in [5.41, 5.74) is -0.584. The monoisotopic (exact) mass is 303 g/mol. The van der Waals surface area contributed by atoms with Crippen molar-refractivity contribution in [2.24, 2.45) is 11.8 Å². The van der Waals surface area contributed by atoms with Gasteiger partial charge in [0.1, 0.15) is 5.82 Å². The van der Waals surface area contributed by atoms with Crippen LogP contribution in [-0.2, 0) is 12.7 Å². The third kappa shape index (κ3) is 3.96. The highest BCUT2D eigenvalue weighted by atomic mass is 19.4. The summed E-state index contributed by atoms with van der Waals surface area (Å²) >= 11 is 0. The second-order valence-electron chi connectivity index (χ2n) is 5.94. The molecule has 3 unspecified atom stereocenters. The molecule has 0 spiro atoms. The van der Waals surface area contributed by atoms with Gasteiger partial charge in [-0.2, -0.15) is 13.2 Å². The lowest BCUT2D eigenvalue weighted by atomic mass is 9.93. The van der Waals surface area contributed by atoms with Crippen LogP contribution in [0.3, 0.4) is 0 Å². The number of alkyl halides is 3. The van der Waals surface area contributed by atoms with Crippen molar-refractivity contribution in [1.29, 1.82) is 0 Å². The highest BCUT2D eigenvalue weighted by molar-refractivity contribution is 5.26. The fraction of sp³-hybridized carbons (Fsp3) is 0.625. The molecule has 1 aromatic rings. The summed E-state index contributed by atoms with van der Waals surface area (Å²) in [5.74, 6) is 0.332. The summed E-state index contributed by atoms with van der Waals surface area (Å²) in [7, 11) is 0. The molecule has 0 radical (unpaired) electrons. The Hall–Kier alpha value is -1.10. The highest BCUT2D eigenvalue weighted by Crippen LogP contribution is 2.34. The fourth-order valence-corrected chi connectivity index (χ4v) is 3.28. The molecule has 3 atom stereocenters. The maximum atomic E-state index is 13.3. The lowest BCUT2D eigenvalue weighted by Crippen LogP contribution is -2.32. The van der Waals surface area contributed by atoms with Crippen LogP contribution in [0.4, 0.5) is 17.6 Å². The molecule has 118 valence electrons.